The summed E-state index contributed by atoms with van der Waals surface area (Å²) in [6.45, 7) is 0. The lowest BCUT2D eigenvalue weighted by Gasteiger charge is -1.97. The van der Waals surface area contributed by atoms with E-state index in [1.54, 1.807) is 17.5 Å². The molecule has 3 nitrogen and oxygen atoms in total. The van der Waals surface area contributed by atoms with Crippen molar-refractivity contribution in [2.45, 2.75) is 0 Å². The van der Waals surface area contributed by atoms with Crippen molar-refractivity contribution in [1.29, 1.82) is 0 Å². The lowest BCUT2D eigenvalue weighted by atomic mass is 10.3. The molecule has 3 aromatic rings. The molecule has 4 heteroatoms. The summed E-state index contributed by atoms with van der Waals surface area (Å²) < 4.78 is 0.981. The number of pyridine rings is 1. The van der Waals surface area contributed by atoms with E-state index < -0.39 is 0 Å². The first-order chi connectivity index (χ1) is 7.43. The van der Waals surface area contributed by atoms with Crippen molar-refractivity contribution in [3.63, 3.8) is 0 Å². The number of hydrogen-bond donors (Lipinski definition) is 0. The fourth-order valence-electron chi connectivity index (χ4n) is 1.33. The second kappa shape index (κ2) is 3.40. The van der Waals surface area contributed by atoms with Crippen LogP contribution in [-0.2, 0) is 0 Å². The number of nitrogens with zero attached hydrogens (tertiary/aromatic N) is 3. The zero-order chi connectivity index (χ0) is 10.1. The van der Waals surface area contributed by atoms with Gasteiger partial charge in [-0.25, -0.2) is 9.97 Å². The molecule has 15 heavy (non-hydrogen) atoms. The third-order valence-electron chi connectivity index (χ3n) is 2.03. The van der Waals surface area contributed by atoms with Crippen molar-refractivity contribution in [1.82, 2.24) is 15.0 Å². The zero-order valence-corrected chi connectivity index (χ0v) is 8.53. The quantitative estimate of drug-likeness (QED) is 0.622. The highest BCUT2D eigenvalue weighted by Gasteiger charge is 2.04. The summed E-state index contributed by atoms with van der Waals surface area (Å²) in [5, 5.41) is 1.98. The predicted octanol–water partition coefficient (Wildman–Crippen LogP) is 2.55. The molecule has 0 saturated carbocycles. The Morgan fingerprint density at radius 3 is 3.07 bits per heavy atom. The summed E-state index contributed by atoms with van der Waals surface area (Å²) in [5.41, 5.74) is 1.71. The van der Waals surface area contributed by atoms with Crippen LogP contribution in [0.5, 0.6) is 0 Å². The number of hydrogen-bond acceptors (Lipinski definition) is 4. The smallest absolute Gasteiger partial charge is 0.179 e. The van der Waals surface area contributed by atoms with Crippen molar-refractivity contribution in [3.05, 3.63) is 42.0 Å². The number of fused-ring (bicyclic) bond motifs is 1. The van der Waals surface area contributed by atoms with Gasteiger partial charge in [-0.15, -0.1) is 11.3 Å². The summed E-state index contributed by atoms with van der Waals surface area (Å²) in [6.07, 6.45) is 4.70. The molecule has 0 fully saturated rings. The highest BCUT2D eigenvalue weighted by atomic mass is 32.1. The molecule has 0 unspecified atom stereocenters. The second-order valence-electron chi connectivity index (χ2n) is 3.01. The van der Waals surface area contributed by atoms with Gasteiger partial charge in [0.25, 0.3) is 0 Å². The van der Waals surface area contributed by atoms with E-state index in [1.165, 1.54) is 0 Å². The van der Waals surface area contributed by atoms with Gasteiger partial charge >= 0.3 is 0 Å². The van der Waals surface area contributed by atoms with Crippen molar-refractivity contribution in [2.75, 3.05) is 0 Å². The van der Waals surface area contributed by atoms with Crippen LogP contribution >= 0.6 is 11.3 Å². The summed E-state index contributed by atoms with van der Waals surface area (Å²) in [5.74, 6) is 0.626. The Balaban J connectivity index is 2.19. The molecule has 1 radical (unpaired) electrons. The Morgan fingerprint density at radius 1 is 1.20 bits per heavy atom. The lowest BCUT2D eigenvalue weighted by molar-refractivity contribution is 1.17. The van der Waals surface area contributed by atoms with Crippen LogP contribution in [0, 0.1) is 6.20 Å². The maximum absolute atomic E-state index is 4.41. The first kappa shape index (κ1) is 8.49. The van der Waals surface area contributed by atoms with Gasteiger partial charge in [-0.2, -0.15) is 0 Å². The second-order valence-corrected chi connectivity index (χ2v) is 3.93. The first-order valence-electron chi connectivity index (χ1n) is 4.48. The molecule has 0 atom stereocenters. The Labute approximate surface area is 90.5 Å². The molecule has 3 heterocycles. The molecule has 0 aromatic carbocycles. The van der Waals surface area contributed by atoms with Crippen LogP contribution in [0.2, 0.25) is 0 Å². The van der Waals surface area contributed by atoms with Gasteiger partial charge in [0.15, 0.2) is 5.82 Å². The van der Waals surface area contributed by atoms with E-state index in [9.17, 15) is 0 Å². The van der Waals surface area contributed by atoms with Crippen LogP contribution < -0.4 is 0 Å². The number of aromatic nitrogens is 3. The fraction of sp³-hybridized carbons (Fsp3) is 0. The monoisotopic (exact) mass is 212 g/mol. The molecule has 0 spiro atoms. The largest absolute Gasteiger partial charge is 0.253 e. The van der Waals surface area contributed by atoms with Gasteiger partial charge in [0.2, 0.25) is 0 Å². The zero-order valence-electron chi connectivity index (χ0n) is 7.71. The molecule has 0 aliphatic carbocycles. The van der Waals surface area contributed by atoms with E-state index in [1.807, 2.05) is 29.6 Å². The minimum Gasteiger partial charge on any atom is -0.253 e. The average molecular weight is 212 g/mol. The molecule has 3 rings (SSSR count). The first-order valence-corrected chi connectivity index (χ1v) is 5.36. The fourth-order valence-corrected chi connectivity index (χ4v) is 1.99. The van der Waals surface area contributed by atoms with E-state index in [-0.39, 0.29) is 0 Å². The van der Waals surface area contributed by atoms with Crippen LogP contribution in [0.3, 0.4) is 0 Å². The topological polar surface area (TPSA) is 38.7 Å². The van der Waals surface area contributed by atoms with Crippen LogP contribution in [0.25, 0.3) is 21.7 Å². The van der Waals surface area contributed by atoms with E-state index in [0.29, 0.717) is 5.82 Å². The van der Waals surface area contributed by atoms with E-state index >= 15 is 0 Å². The van der Waals surface area contributed by atoms with Gasteiger partial charge < -0.3 is 0 Å². The normalized spacial score (nSPS) is 10.7. The Hall–Kier alpha value is -1.81. The average Bonchev–Trinajstić information content (AvgIpc) is 2.77. The maximum Gasteiger partial charge on any atom is 0.179 e. The Kier molecular flexibility index (Phi) is 1.93. The predicted molar refractivity (Wildman–Crippen MR) is 59.5 cm³/mol. The Morgan fingerprint density at radius 2 is 2.20 bits per heavy atom. The highest BCUT2D eigenvalue weighted by Crippen LogP contribution is 2.19. The van der Waals surface area contributed by atoms with Gasteiger partial charge in [-0.05, 0) is 23.6 Å². The molecule has 3 aromatic heterocycles. The summed E-state index contributed by atoms with van der Waals surface area (Å²) in [4.78, 5) is 12.8. The van der Waals surface area contributed by atoms with Crippen LogP contribution in [-0.4, -0.2) is 15.0 Å². The van der Waals surface area contributed by atoms with Crippen LogP contribution in [0.4, 0.5) is 0 Å². The van der Waals surface area contributed by atoms with Gasteiger partial charge in [-0.1, -0.05) is 6.07 Å². The van der Waals surface area contributed by atoms with Crippen molar-refractivity contribution >= 4 is 21.6 Å². The summed E-state index contributed by atoms with van der Waals surface area (Å²) >= 11 is 1.59. The van der Waals surface area contributed by atoms with Crippen molar-refractivity contribution in [3.8, 4) is 11.5 Å². The van der Waals surface area contributed by atoms with Gasteiger partial charge in [0.05, 0.1) is 10.2 Å². The van der Waals surface area contributed by atoms with Crippen molar-refractivity contribution < 1.29 is 0 Å². The van der Waals surface area contributed by atoms with Crippen LogP contribution in [0.15, 0.2) is 35.8 Å². The number of thiophene rings is 1. The molecule has 0 N–H and O–H groups in total. The van der Waals surface area contributed by atoms with E-state index in [4.69, 9.17) is 0 Å². The molecule has 0 aliphatic rings. The molecule has 71 valence electrons. The Bertz CT molecular complexity index is 589. The van der Waals surface area contributed by atoms with Crippen LogP contribution in [0.1, 0.15) is 0 Å². The molecule has 0 saturated heterocycles. The van der Waals surface area contributed by atoms with Crippen molar-refractivity contribution in [2.24, 2.45) is 0 Å². The molecule has 0 aliphatic heterocycles. The van der Waals surface area contributed by atoms with E-state index in [2.05, 4.69) is 21.1 Å². The SMILES string of the molecule is [c]1nc(-c2ccccn2)nc2ccsc12. The standard InChI is InChI=1S/C11H6N3S/c1-2-5-12-9(3-1)11-13-7-10-8(14-11)4-6-15-10/h1-6H. The molecular formula is C11H6N3S. The molecule has 0 amide bonds. The van der Waals surface area contributed by atoms with Gasteiger partial charge in [0.1, 0.15) is 11.9 Å². The van der Waals surface area contributed by atoms with E-state index in [0.717, 1.165) is 15.9 Å². The number of rotatable bonds is 1. The molecular weight excluding hydrogens is 206 g/mol. The van der Waals surface area contributed by atoms with Gasteiger partial charge in [0, 0.05) is 6.20 Å². The minimum atomic E-state index is 0.626. The minimum absolute atomic E-state index is 0.626. The third kappa shape index (κ3) is 1.49. The third-order valence-corrected chi connectivity index (χ3v) is 2.84. The molecule has 0 bridgehead atoms. The lowest BCUT2D eigenvalue weighted by Crippen LogP contribution is -1.90. The highest BCUT2D eigenvalue weighted by molar-refractivity contribution is 7.17. The summed E-state index contributed by atoms with van der Waals surface area (Å²) in [7, 11) is 0. The van der Waals surface area contributed by atoms with Gasteiger partial charge in [-0.3, -0.25) is 4.98 Å². The maximum atomic E-state index is 4.41. The summed E-state index contributed by atoms with van der Waals surface area (Å²) in [6, 6.07) is 7.64.